The number of ether oxygens (including phenoxy) is 1. The number of pyridine rings is 1. The second-order valence-corrected chi connectivity index (χ2v) is 9.28. The van der Waals surface area contributed by atoms with Crippen molar-refractivity contribution in [1.29, 1.82) is 0 Å². The van der Waals surface area contributed by atoms with Gasteiger partial charge in [-0.2, -0.15) is 0 Å². The minimum atomic E-state index is -0.0111. The van der Waals surface area contributed by atoms with Gasteiger partial charge in [0.25, 0.3) is 0 Å². The summed E-state index contributed by atoms with van der Waals surface area (Å²) >= 11 is 2.95. The molecule has 0 spiro atoms. The second kappa shape index (κ2) is 7.92. The van der Waals surface area contributed by atoms with E-state index in [4.69, 9.17) is 10.5 Å². The fourth-order valence-corrected chi connectivity index (χ4v) is 5.40. The second-order valence-electron chi connectivity index (χ2n) is 7.34. The fourth-order valence-electron chi connectivity index (χ4n) is 3.52. The van der Waals surface area contributed by atoms with Gasteiger partial charge < -0.3 is 15.8 Å². The molecule has 1 aliphatic carbocycles. The van der Waals surface area contributed by atoms with Gasteiger partial charge in [-0.15, -0.1) is 21.5 Å². The molecule has 1 saturated heterocycles. The van der Waals surface area contributed by atoms with Crippen molar-refractivity contribution < 1.29 is 9.53 Å². The van der Waals surface area contributed by atoms with Crippen LogP contribution in [0, 0.1) is 0 Å². The average Bonchev–Trinajstić information content (AvgIpc) is 3.15. The normalized spacial score (nSPS) is 19.1. The van der Waals surface area contributed by atoms with Crippen molar-refractivity contribution in [1.82, 2.24) is 25.1 Å². The van der Waals surface area contributed by atoms with Gasteiger partial charge >= 0.3 is 0 Å². The number of thiophene rings is 1. The van der Waals surface area contributed by atoms with Gasteiger partial charge in [-0.25, -0.2) is 4.98 Å². The molecule has 1 unspecified atom stereocenters. The molecule has 4 heterocycles. The van der Waals surface area contributed by atoms with E-state index in [2.05, 4.69) is 25.1 Å². The predicted octanol–water partition coefficient (Wildman–Crippen LogP) is 2.86. The predicted molar refractivity (Wildman–Crippen MR) is 114 cm³/mol. The van der Waals surface area contributed by atoms with Crippen LogP contribution in [-0.4, -0.2) is 50.7 Å². The maximum absolute atomic E-state index is 12.2. The van der Waals surface area contributed by atoms with Crippen LogP contribution >= 0.6 is 23.1 Å². The van der Waals surface area contributed by atoms with E-state index in [-0.39, 0.29) is 12.0 Å². The van der Waals surface area contributed by atoms with Crippen LogP contribution in [0.4, 0.5) is 5.69 Å². The lowest BCUT2D eigenvalue weighted by Gasteiger charge is -2.11. The molecule has 1 aliphatic heterocycles. The third-order valence-corrected chi connectivity index (χ3v) is 7.24. The van der Waals surface area contributed by atoms with E-state index in [1.54, 1.807) is 6.20 Å². The molecule has 2 fully saturated rings. The van der Waals surface area contributed by atoms with Crippen LogP contribution in [0.1, 0.15) is 31.7 Å². The number of rotatable bonds is 7. The molecule has 1 atom stereocenters. The standard InChI is InChI=1S/C19H22N6O2S2/c20-15-13-4-1-7-21-18(13)29-16(15)17-23-24-19(25(17)11-5-6-11)28-10-14(26)22-9-12-3-2-8-27-12/h1,4,7,11-12H,2-3,5-6,8-10,20H2,(H,22,26). The van der Waals surface area contributed by atoms with Gasteiger partial charge in [0.15, 0.2) is 11.0 Å². The lowest BCUT2D eigenvalue weighted by atomic mass is 10.2. The zero-order chi connectivity index (χ0) is 19.8. The summed E-state index contributed by atoms with van der Waals surface area (Å²) < 4.78 is 7.69. The van der Waals surface area contributed by atoms with Crippen molar-refractivity contribution in [3.8, 4) is 10.7 Å². The minimum Gasteiger partial charge on any atom is -0.397 e. The Balaban J connectivity index is 1.33. The van der Waals surface area contributed by atoms with Gasteiger partial charge in [0.1, 0.15) is 4.83 Å². The van der Waals surface area contributed by atoms with E-state index in [1.165, 1.54) is 23.1 Å². The quantitative estimate of drug-likeness (QED) is 0.555. The number of hydrogen-bond donors (Lipinski definition) is 2. The molecule has 1 saturated carbocycles. The average molecular weight is 431 g/mol. The molecule has 1 amide bonds. The molecule has 3 N–H and O–H groups in total. The molecule has 0 bridgehead atoms. The van der Waals surface area contributed by atoms with Crippen LogP contribution in [0.5, 0.6) is 0 Å². The number of nitrogens with two attached hydrogens (primary N) is 1. The summed E-state index contributed by atoms with van der Waals surface area (Å²) in [5.41, 5.74) is 7.09. The van der Waals surface area contributed by atoms with Crippen molar-refractivity contribution in [2.75, 3.05) is 24.6 Å². The number of aromatic nitrogens is 4. The van der Waals surface area contributed by atoms with Crippen molar-refractivity contribution in [3.05, 3.63) is 18.3 Å². The highest BCUT2D eigenvalue weighted by atomic mass is 32.2. The maximum atomic E-state index is 12.2. The Hall–Kier alpha value is -2.17. The molecule has 10 heteroatoms. The highest BCUT2D eigenvalue weighted by Gasteiger charge is 2.32. The van der Waals surface area contributed by atoms with E-state index >= 15 is 0 Å². The number of hydrogen-bond acceptors (Lipinski definition) is 8. The Labute approximate surface area is 176 Å². The third kappa shape index (κ3) is 3.84. The zero-order valence-corrected chi connectivity index (χ0v) is 17.5. The van der Waals surface area contributed by atoms with E-state index < -0.39 is 0 Å². The number of anilines is 1. The first kappa shape index (κ1) is 18.8. The van der Waals surface area contributed by atoms with Crippen molar-refractivity contribution in [2.45, 2.75) is 43.0 Å². The monoisotopic (exact) mass is 430 g/mol. The van der Waals surface area contributed by atoms with Crippen molar-refractivity contribution >= 4 is 44.9 Å². The summed E-state index contributed by atoms with van der Waals surface area (Å²) in [5.74, 6) is 1.07. The first-order valence-corrected chi connectivity index (χ1v) is 11.6. The Bertz CT molecular complexity index is 1040. The number of carbonyl (C=O) groups is 1. The molecule has 5 rings (SSSR count). The molecular weight excluding hydrogens is 408 g/mol. The molecule has 0 radical (unpaired) electrons. The topological polar surface area (TPSA) is 108 Å². The van der Waals surface area contributed by atoms with Gasteiger partial charge in [0, 0.05) is 30.8 Å². The summed E-state index contributed by atoms with van der Waals surface area (Å²) in [7, 11) is 0. The number of fused-ring (bicyclic) bond motifs is 1. The summed E-state index contributed by atoms with van der Waals surface area (Å²) in [6.45, 7) is 1.37. The number of amides is 1. The lowest BCUT2D eigenvalue weighted by molar-refractivity contribution is -0.119. The SMILES string of the molecule is Nc1c(-c2nnc(SCC(=O)NCC3CCCO3)n2C2CC2)sc2ncccc12. The van der Waals surface area contributed by atoms with Gasteiger partial charge in [0.2, 0.25) is 5.91 Å². The molecule has 0 aromatic carbocycles. The minimum absolute atomic E-state index is 0.0111. The van der Waals surface area contributed by atoms with E-state index in [0.717, 1.165) is 58.4 Å². The number of nitrogen functional groups attached to an aromatic ring is 1. The number of thioether (sulfide) groups is 1. The van der Waals surface area contributed by atoms with Gasteiger partial charge in [0.05, 0.1) is 22.4 Å². The van der Waals surface area contributed by atoms with Gasteiger partial charge in [-0.1, -0.05) is 11.8 Å². The van der Waals surface area contributed by atoms with E-state index in [9.17, 15) is 4.79 Å². The largest absolute Gasteiger partial charge is 0.397 e. The number of carbonyl (C=O) groups excluding carboxylic acids is 1. The molecule has 2 aliphatic rings. The summed E-state index contributed by atoms with van der Waals surface area (Å²) in [6, 6.07) is 4.23. The van der Waals surface area contributed by atoms with Crippen molar-refractivity contribution in [3.63, 3.8) is 0 Å². The van der Waals surface area contributed by atoms with Crippen LogP contribution in [0.3, 0.4) is 0 Å². The third-order valence-electron chi connectivity index (χ3n) is 5.17. The van der Waals surface area contributed by atoms with Crippen LogP contribution < -0.4 is 11.1 Å². The molecule has 29 heavy (non-hydrogen) atoms. The Morgan fingerprint density at radius 3 is 3.03 bits per heavy atom. The van der Waals surface area contributed by atoms with Gasteiger partial charge in [-0.05, 0) is 37.8 Å². The van der Waals surface area contributed by atoms with Crippen LogP contribution in [0.15, 0.2) is 23.5 Å². The molecule has 3 aromatic rings. The van der Waals surface area contributed by atoms with Gasteiger partial charge in [-0.3, -0.25) is 9.36 Å². The summed E-state index contributed by atoms with van der Waals surface area (Å²) in [6.07, 6.45) is 6.18. The Kier molecular flexibility index (Phi) is 5.15. The van der Waals surface area contributed by atoms with E-state index in [1.807, 2.05) is 12.1 Å². The molecular formula is C19H22N6O2S2. The number of nitrogens with one attached hydrogen (secondary N) is 1. The fraction of sp³-hybridized carbons (Fsp3) is 0.474. The van der Waals surface area contributed by atoms with Crippen LogP contribution in [-0.2, 0) is 9.53 Å². The van der Waals surface area contributed by atoms with Crippen molar-refractivity contribution in [2.24, 2.45) is 0 Å². The lowest BCUT2D eigenvalue weighted by Crippen LogP contribution is -2.32. The van der Waals surface area contributed by atoms with E-state index in [0.29, 0.717) is 24.0 Å². The molecule has 8 nitrogen and oxygen atoms in total. The Morgan fingerprint density at radius 2 is 2.28 bits per heavy atom. The highest BCUT2D eigenvalue weighted by Crippen LogP contribution is 2.45. The first-order valence-electron chi connectivity index (χ1n) is 9.80. The smallest absolute Gasteiger partial charge is 0.230 e. The van der Waals surface area contributed by atoms with Crippen LogP contribution in [0.25, 0.3) is 20.9 Å². The Morgan fingerprint density at radius 1 is 1.38 bits per heavy atom. The van der Waals surface area contributed by atoms with Crippen LogP contribution in [0.2, 0.25) is 0 Å². The highest BCUT2D eigenvalue weighted by molar-refractivity contribution is 7.99. The first-order chi connectivity index (χ1) is 14.2. The summed E-state index contributed by atoms with van der Waals surface area (Å²) in [4.78, 5) is 18.4. The maximum Gasteiger partial charge on any atom is 0.230 e. The molecule has 152 valence electrons. The zero-order valence-electron chi connectivity index (χ0n) is 15.8. The summed E-state index contributed by atoms with van der Waals surface area (Å²) in [5, 5.41) is 13.5. The molecule has 3 aromatic heterocycles. The number of nitrogens with zero attached hydrogens (tertiary/aromatic N) is 4.